The van der Waals surface area contributed by atoms with E-state index in [9.17, 15) is 23.8 Å². The molecule has 1 saturated heterocycles. The van der Waals surface area contributed by atoms with Crippen LogP contribution < -0.4 is 11.3 Å². The van der Waals surface area contributed by atoms with Crippen molar-refractivity contribution in [3.8, 4) is 11.8 Å². The lowest BCUT2D eigenvalue weighted by molar-refractivity contribution is -0.0756. The predicted molar refractivity (Wildman–Crippen MR) is 87.3 cm³/mol. The van der Waals surface area contributed by atoms with Crippen molar-refractivity contribution in [1.29, 1.82) is 0 Å². The second-order valence-corrected chi connectivity index (χ2v) is 6.24. The number of hydrogen-bond donors (Lipinski definition) is 4. The molecule has 1 fully saturated rings. The monoisotopic (exact) mass is 368 g/mol. The van der Waals surface area contributed by atoms with Gasteiger partial charge >= 0.3 is 0 Å². The van der Waals surface area contributed by atoms with Crippen LogP contribution in [-0.4, -0.2) is 55.3 Å². The van der Waals surface area contributed by atoms with E-state index in [1.807, 2.05) is 0 Å². The highest BCUT2D eigenvalue weighted by Gasteiger charge is 2.56. The number of H-pyrrole nitrogens is 1. The summed E-state index contributed by atoms with van der Waals surface area (Å²) >= 11 is 0. The second-order valence-electron chi connectivity index (χ2n) is 6.24. The molecule has 0 amide bonds. The van der Waals surface area contributed by atoms with Gasteiger partial charge in [-0.1, -0.05) is 11.8 Å². The Morgan fingerprint density at radius 2 is 2.31 bits per heavy atom. The molecule has 8 nitrogen and oxygen atoms in total. The molecule has 140 valence electrons. The molecule has 0 bridgehead atoms. The van der Waals surface area contributed by atoms with Crippen LogP contribution in [-0.2, 0) is 4.74 Å². The van der Waals surface area contributed by atoms with E-state index in [0.717, 1.165) is 10.8 Å². The van der Waals surface area contributed by atoms with Gasteiger partial charge in [0.15, 0.2) is 23.2 Å². The molecule has 1 aliphatic rings. The number of hydrogen-bond acceptors (Lipinski definition) is 6. The molecular weight excluding hydrogens is 350 g/mol. The number of aromatic amines is 1. The van der Waals surface area contributed by atoms with E-state index in [4.69, 9.17) is 10.5 Å². The minimum Gasteiger partial charge on any atom is -0.391 e. The van der Waals surface area contributed by atoms with E-state index in [2.05, 4.69) is 21.8 Å². The number of alkyl halides is 1. The third-order valence-corrected chi connectivity index (χ3v) is 4.35. The van der Waals surface area contributed by atoms with E-state index in [0.29, 0.717) is 0 Å². The van der Waals surface area contributed by atoms with Crippen LogP contribution in [0.2, 0.25) is 0 Å². The number of aromatic nitrogens is 3. The normalized spacial score (nSPS) is 29.6. The first-order valence-electron chi connectivity index (χ1n) is 7.84. The second kappa shape index (κ2) is 6.44. The maximum atomic E-state index is 14.3. The van der Waals surface area contributed by atoms with Gasteiger partial charge in [0.2, 0.25) is 0 Å². The number of nitrogens with two attached hydrogens (primary N) is 1. The van der Waals surface area contributed by atoms with E-state index in [1.165, 1.54) is 13.8 Å². The SMILES string of the molecule is Cc1nc2c(c(F)cn2[C@@H]2O[C@H]([C@@H](C)O)[C@H](O)C2(N)C#CCF)c(=O)[nH]1. The molecule has 3 rings (SSSR count). The zero-order valence-electron chi connectivity index (χ0n) is 14.0. The number of aryl methyl sites for hydroxylation is 1. The molecule has 2 aromatic rings. The Bertz CT molecular complexity index is 961. The first-order valence-corrected chi connectivity index (χ1v) is 7.84. The topological polar surface area (TPSA) is 126 Å². The van der Waals surface area contributed by atoms with Gasteiger partial charge in [-0.3, -0.25) is 9.36 Å². The Morgan fingerprint density at radius 3 is 2.92 bits per heavy atom. The minimum absolute atomic E-state index is 0.0657. The summed E-state index contributed by atoms with van der Waals surface area (Å²) in [6.45, 7) is 1.87. The van der Waals surface area contributed by atoms with Gasteiger partial charge in [-0.05, 0) is 13.8 Å². The van der Waals surface area contributed by atoms with Crippen LogP contribution in [0.5, 0.6) is 0 Å². The molecule has 26 heavy (non-hydrogen) atoms. The predicted octanol–water partition coefficient (Wildman–Crippen LogP) is -0.518. The van der Waals surface area contributed by atoms with Gasteiger partial charge in [0.05, 0.1) is 6.10 Å². The Balaban J connectivity index is 2.24. The summed E-state index contributed by atoms with van der Waals surface area (Å²) < 4.78 is 33.7. The van der Waals surface area contributed by atoms with Gasteiger partial charge in [-0.25, -0.2) is 13.8 Å². The summed E-state index contributed by atoms with van der Waals surface area (Å²) in [5, 5.41) is 20.0. The van der Waals surface area contributed by atoms with Crippen LogP contribution in [0.1, 0.15) is 19.0 Å². The van der Waals surface area contributed by atoms with Crippen LogP contribution in [0, 0.1) is 24.6 Å². The van der Waals surface area contributed by atoms with Crippen molar-refractivity contribution in [2.45, 2.75) is 43.9 Å². The molecule has 10 heteroatoms. The minimum atomic E-state index is -1.86. The lowest BCUT2D eigenvalue weighted by Crippen LogP contribution is -2.54. The molecule has 1 aliphatic heterocycles. The number of aliphatic hydroxyl groups excluding tert-OH is 2. The van der Waals surface area contributed by atoms with Gasteiger partial charge in [0.1, 0.15) is 30.1 Å². The maximum Gasteiger partial charge on any atom is 0.263 e. The van der Waals surface area contributed by atoms with Crippen molar-refractivity contribution in [2.75, 3.05) is 6.67 Å². The first kappa shape index (κ1) is 18.5. The smallest absolute Gasteiger partial charge is 0.263 e. The highest BCUT2D eigenvalue weighted by Crippen LogP contribution is 2.39. The van der Waals surface area contributed by atoms with Crippen LogP contribution in [0.4, 0.5) is 8.78 Å². The number of nitrogens with zero attached hydrogens (tertiary/aromatic N) is 2. The van der Waals surface area contributed by atoms with Crippen molar-refractivity contribution >= 4 is 11.0 Å². The lowest BCUT2D eigenvalue weighted by atomic mass is 9.90. The van der Waals surface area contributed by atoms with Gasteiger partial charge in [-0.2, -0.15) is 0 Å². The van der Waals surface area contributed by atoms with E-state index in [-0.39, 0.29) is 16.9 Å². The number of rotatable bonds is 2. The van der Waals surface area contributed by atoms with E-state index in [1.54, 1.807) is 0 Å². The lowest BCUT2D eigenvalue weighted by Gasteiger charge is -2.28. The standard InChI is InChI=1S/C16H18F2N4O4/c1-7(23)11-12(24)16(19,4-3-5-17)15(26-11)22-6-9(18)10-13(22)20-8(2)21-14(10)25/h6-7,11-12,15,23-24H,5,19H2,1-2H3,(H,20,21,25)/t7-,11-,12+,15-,16?/m1/s1. The Kier molecular flexibility index (Phi) is 4.58. The largest absolute Gasteiger partial charge is 0.391 e. The van der Waals surface area contributed by atoms with Gasteiger partial charge in [0.25, 0.3) is 5.56 Å². The fraction of sp³-hybridized carbons (Fsp3) is 0.500. The summed E-state index contributed by atoms with van der Waals surface area (Å²) in [6, 6.07) is 0. The molecule has 2 aromatic heterocycles. The third-order valence-electron chi connectivity index (χ3n) is 4.35. The zero-order valence-corrected chi connectivity index (χ0v) is 14.0. The molecular formula is C16H18F2N4O4. The van der Waals surface area contributed by atoms with Crippen LogP contribution >= 0.6 is 0 Å². The first-order chi connectivity index (χ1) is 12.2. The van der Waals surface area contributed by atoms with Crippen molar-refractivity contribution < 1.29 is 23.7 Å². The van der Waals surface area contributed by atoms with Gasteiger partial charge in [0, 0.05) is 6.20 Å². The summed E-state index contributed by atoms with van der Waals surface area (Å²) in [7, 11) is 0. The quantitative estimate of drug-likeness (QED) is 0.529. The molecule has 3 heterocycles. The molecule has 0 radical (unpaired) electrons. The van der Waals surface area contributed by atoms with Crippen molar-refractivity contribution in [2.24, 2.45) is 5.73 Å². The molecule has 5 atom stereocenters. The van der Waals surface area contributed by atoms with Crippen molar-refractivity contribution in [3.63, 3.8) is 0 Å². The van der Waals surface area contributed by atoms with Crippen LogP contribution in [0.3, 0.4) is 0 Å². The fourth-order valence-corrected chi connectivity index (χ4v) is 3.15. The Labute approximate surface area is 146 Å². The highest BCUT2D eigenvalue weighted by atomic mass is 19.1. The average molecular weight is 368 g/mol. The molecule has 1 unspecified atom stereocenters. The number of halogens is 2. The van der Waals surface area contributed by atoms with Crippen molar-refractivity contribution in [3.05, 3.63) is 28.2 Å². The van der Waals surface area contributed by atoms with Crippen LogP contribution in [0.25, 0.3) is 11.0 Å². The summed E-state index contributed by atoms with van der Waals surface area (Å²) in [5.74, 6) is 3.90. The molecule has 0 aliphatic carbocycles. The number of aliphatic hydroxyl groups is 2. The Morgan fingerprint density at radius 1 is 1.62 bits per heavy atom. The average Bonchev–Trinajstić information content (AvgIpc) is 3.01. The molecule has 0 aromatic carbocycles. The van der Waals surface area contributed by atoms with E-state index < -0.39 is 48.1 Å². The summed E-state index contributed by atoms with van der Waals surface area (Å²) in [4.78, 5) is 18.5. The number of ether oxygens (including phenoxy) is 1. The molecule has 0 saturated carbocycles. The number of fused-ring (bicyclic) bond motifs is 1. The molecule has 5 N–H and O–H groups in total. The fourth-order valence-electron chi connectivity index (χ4n) is 3.15. The maximum absolute atomic E-state index is 14.3. The van der Waals surface area contributed by atoms with E-state index >= 15 is 0 Å². The third kappa shape index (κ3) is 2.69. The Hall–Kier alpha value is -2.32. The summed E-state index contributed by atoms with van der Waals surface area (Å²) in [5.41, 5.74) is 3.58. The van der Waals surface area contributed by atoms with Crippen molar-refractivity contribution in [1.82, 2.24) is 14.5 Å². The molecule has 0 spiro atoms. The number of nitrogens with one attached hydrogen (secondary N) is 1. The summed E-state index contributed by atoms with van der Waals surface area (Å²) in [6.07, 6.45) is -4.13. The van der Waals surface area contributed by atoms with Crippen LogP contribution in [0.15, 0.2) is 11.0 Å². The highest BCUT2D eigenvalue weighted by molar-refractivity contribution is 5.76. The zero-order chi connectivity index (χ0) is 19.2. The van der Waals surface area contributed by atoms with Gasteiger partial charge in [-0.15, -0.1) is 0 Å². The van der Waals surface area contributed by atoms with Gasteiger partial charge < -0.3 is 25.7 Å².